The summed E-state index contributed by atoms with van der Waals surface area (Å²) in [5.41, 5.74) is 6.37. The number of morpholine rings is 1. The lowest BCUT2D eigenvalue weighted by molar-refractivity contribution is -0.125. The quantitative estimate of drug-likeness (QED) is 0.835. The van der Waals surface area contributed by atoms with Crippen molar-refractivity contribution in [2.24, 2.45) is 0 Å². The fourth-order valence-electron chi connectivity index (χ4n) is 3.48. The third kappa shape index (κ3) is 2.96. The molecule has 2 heterocycles. The minimum atomic E-state index is -0.00142. The summed E-state index contributed by atoms with van der Waals surface area (Å²) in [6.07, 6.45) is 3.52. The number of aromatic nitrogens is 1. The largest absolute Gasteiger partial charge is 0.370 e. The van der Waals surface area contributed by atoms with Crippen molar-refractivity contribution in [2.75, 3.05) is 24.7 Å². The highest BCUT2D eigenvalue weighted by atomic mass is 35.5. The van der Waals surface area contributed by atoms with Crippen LogP contribution < -0.4 is 4.90 Å². The van der Waals surface area contributed by atoms with Crippen LogP contribution in [-0.4, -0.2) is 30.6 Å². The number of amides is 1. The van der Waals surface area contributed by atoms with Gasteiger partial charge in [0.15, 0.2) is 0 Å². The minimum absolute atomic E-state index is 0.00142. The van der Waals surface area contributed by atoms with E-state index in [1.165, 1.54) is 5.57 Å². The summed E-state index contributed by atoms with van der Waals surface area (Å²) in [6.45, 7) is 3.42. The second-order valence-corrected chi connectivity index (χ2v) is 6.74. The van der Waals surface area contributed by atoms with E-state index >= 15 is 0 Å². The van der Waals surface area contributed by atoms with Gasteiger partial charge in [-0.15, -0.1) is 0 Å². The van der Waals surface area contributed by atoms with Crippen molar-refractivity contribution < 1.29 is 9.53 Å². The standard InChI is InChI=1S/C20H19ClN2O2/c1-2-16-17-9-14(11-22-19(17)10-18(16)21)13-4-3-5-15(8-13)23-6-7-25-12-20(23)24/h3-5,8-9,11H,2,6-7,10,12H2,1H3. The Balaban J connectivity index is 1.71. The van der Waals surface area contributed by atoms with Gasteiger partial charge in [0.1, 0.15) is 6.61 Å². The first-order chi connectivity index (χ1) is 12.2. The molecule has 4 nitrogen and oxygen atoms in total. The molecule has 128 valence electrons. The van der Waals surface area contributed by atoms with Crippen molar-refractivity contribution in [3.05, 3.63) is 52.8 Å². The van der Waals surface area contributed by atoms with Crippen LogP contribution >= 0.6 is 11.6 Å². The van der Waals surface area contributed by atoms with Crippen LogP contribution in [0, 0.1) is 0 Å². The monoisotopic (exact) mass is 354 g/mol. The molecule has 1 aliphatic heterocycles. The van der Waals surface area contributed by atoms with E-state index in [0.29, 0.717) is 13.2 Å². The molecule has 1 aliphatic carbocycles. The third-order valence-corrected chi connectivity index (χ3v) is 5.14. The van der Waals surface area contributed by atoms with Crippen molar-refractivity contribution in [2.45, 2.75) is 19.8 Å². The summed E-state index contributed by atoms with van der Waals surface area (Å²) in [7, 11) is 0. The summed E-state index contributed by atoms with van der Waals surface area (Å²) in [5, 5.41) is 0.898. The average Bonchev–Trinajstić information content (AvgIpc) is 2.96. The smallest absolute Gasteiger partial charge is 0.253 e. The molecule has 0 spiro atoms. The molecule has 2 aliphatic rings. The number of nitrogens with zero attached hydrogens (tertiary/aromatic N) is 2. The van der Waals surface area contributed by atoms with Gasteiger partial charge < -0.3 is 9.64 Å². The van der Waals surface area contributed by atoms with Crippen LogP contribution in [0.3, 0.4) is 0 Å². The van der Waals surface area contributed by atoms with E-state index < -0.39 is 0 Å². The highest BCUT2D eigenvalue weighted by Gasteiger charge is 2.22. The van der Waals surface area contributed by atoms with Crippen LogP contribution in [0.5, 0.6) is 0 Å². The van der Waals surface area contributed by atoms with E-state index in [1.807, 2.05) is 30.5 Å². The summed E-state index contributed by atoms with van der Waals surface area (Å²) < 4.78 is 5.21. The van der Waals surface area contributed by atoms with Gasteiger partial charge in [-0.1, -0.05) is 30.7 Å². The Morgan fingerprint density at radius 1 is 1.28 bits per heavy atom. The fourth-order valence-corrected chi connectivity index (χ4v) is 3.84. The lowest BCUT2D eigenvalue weighted by Crippen LogP contribution is -2.41. The molecule has 1 amide bonds. The number of halogens is 1. The van der Waals surface area contributed by atoms with Crippen LogP contribution in [0.15, 0.2) is 41.6 Å². The molecule has 0 unspecified atom stereocenters. The fraction of sp³-hybridized carbons (Fsp3) is 0.300. The van der Waals surface area contributed by atoms with Crippen molar-refractivity contribution in [3.63, 3.8) is 0 Å². The number of benzene rings is 1. The van der Waals surface area contributed by atoms with Gasteiger partial charge in [0.25, 0.3) is 5.91 Å². The Morgan fingerprint density at radius 2 is 2.16 bits per heavy atom. The number of ether oxygens (including phenoxy) is 1. The zero-order valence-corrected chi connectivity index (χ0v) is 14.8. The normalized spacial score (nSPS) is 17.2. The van der Waals surface area contributed by atoms with Crippen molar-refractivity contribution in [1.29, 1.82) is 0 Å². The van der Waals surface area contributed by atoms with E-state index in [-0.39, 0.29) is 12.5 Å². The molecule has 1 aromatic heterocycles. The van der Waals surface area contributed by atoms with Gasteiger partial charge in [-0.25, -0.2) is 0 Å². The maximum atomic E-state index is 12.1. The summed E-state index contributed by atoms with van der Waals surface area (Å²) in [6, 6.07) is 10.2. The van der Waals surface area contributed by atoms with Crippen molar-refractivity contribution in [3.8, 4) is 11.1 Å². The summed E-state index contributed by atoms with van der Waals surface area (Å²) in [5.74, 6) is -0.00142. The number of fused-ring (bicyclic) bond motifs is 1. The van der Waals surface area contributed by atoms with Gasteiger partial charge >= 0.3 is 0 Å². The van der Waals surface area contributed by atoms with E-state index in [9.17, 15) is 4.79 Å². The zero-order valence-electron chi connectivity index (χ0n) is 14.1. The predicted octanol–water partition coefficient (Wildman–Crippen LogP) is 4.03. The number of rotatable bonds is 3. The highest BCUT2D eigenvalue weighted by Crippen LogP contribution is 2.38. The first kappa shape index (κ1) is 16.3. The molecule has 1 saturated heterocycles. The van der Waals surface area contributed by atoms with Gasteiger partial charge in [-0.05, 0) is 35.8 Å². The van der Waals surface area contributed by atoms with Crippen molar-refractivity contribution >= 4 is 28.8 Å². The molecule has 0 N–H and O–H groups in total. The number of pyridine rings is 1. The van der Waals surface area contributed by atoms with Gasteiger partial charge in [-0.3, -0.25) is 9.78 Å². The van der Waals surface area contributed by atoms with E-state index in [1.54, 1.807) is 4.90 Å². The number of carbonyl (C=O) groups is 1. The predicted molar refractivity (Wildman–Crippen MR) is 99.6 cm³/mol. The third-order valence-electron chi connectivity index (χ3n) is 4.78. The van der Waals surface area contributed by atoms with Gasteiger partial charge in [0.05, 0.1) is 12.3 Å². The molecular formula is C20H19ClN2O2. The molecule has 0 radical (unpaired) electrons. The summed E-state index contributed by atoms with van der Waals surface area (Å²) >= 11 is 6.37. The van der Waals surface area contributed by atoms with Gasteiger partial charge in [0, 0.05) is 41.0 Å². The van der Waals surface area contributed by atoms with E-state index in [2.05, 4.69) is 18.0 Å². The maximum Gasteiger partial charge on any atom is 0.253 e. The summed E-state index contributed by atoms with van der Waals surface area (Å²) in [4.78, 5) is 18.5. The highest BCUT2D eigenvalue weighted by molar-refractivity contribution is 6.33. The first-order valence-corrected chi connectivity index (χ1v) is 8.90. The lowest BCUT2D eigenvalue weighted by atomic mass is 10.0. The van der Waals surface area contributed by atoms with Crippen LogP contribution in [-0.2, 0) is 16.0 Å². The lowest BCUT2D eigenvalue weighted by Gasteiger charge is -2.27. The average molecular weight is 355 g/mol. The molecule has 1 fully saturated rings. The van der Waals surface area contributed by atoms with Crippen LogP contribution in [0.25, 0.3) is 16.7 Å². The Morgan fingerprint density at radius 3 is 2.96 bits per heavy atom. The zero-order chi connectivity index (χ0) is 17.4. The Labute approximate surface area is 152 Å². The molecule has 1 aromatic carbocycles. The van der Waals surface area contributed by atoms with Crippen molar-refractivity contribution in [1.82, 2.24) is 4.98 Å². The molecule has 4 rings (SSSR count). The van der Waals surface area contributed by atoms with Crippen LogP contribution in [0.4, 0.5) is 5.69 Å². The van der Waals surface area contributed by atoms with E-state index in [0.717, 1.165) is 45.9 Å². The second-order valence-electron chi connectivity index (χ2n) is 6.28. The topological polar surface area (TPSA) is 42.4 Å². The van der Waals surface area contributed by atoms with Gasteiger partial charge in [-0.2, -0.15) is 0 Å². The maximum absolute atomic E-state index is 12.1. The number of anilines is 1. The van der Waals surface area contributed by atoms with E-state index in [4.69, 9.17) is 16.3 Å². The number of allylic oxidation sites excluding steroid dienone is 2. The minimum Gasteiger partial charge on any atom is -0.370 e. The van der Waals surface area contributed by atoms with Gasteiger partial charge in [0.2, 0.25) is 0 Å². The SMILES string of the molecule is CCC1=C(Cl)Cc2ncc(-c3cccc(N4CCOCC4=O)c3)cc21. The number of hydrogen-bond donors (Lipinski definition) is 0. The second kappa shape index (κ2) is 6.62. The Bertz CT molecular complexity index is 876. The Hall–Kier alpha value is -2.17. The molecule has 0 saturated carbocycles. The number of hydrogen-bond acceptors (Lipinski definition) is 3. The molecule has 25 heavy (non-hydrogen) atoms. The molecule has 2 aromatic rings. The molecular weight excluding hydrogens is 336 g/mol. The Kier molecular flexibility index (Phi) is 4.32. The first-order valence-electron chi connectivity index (χ1n) is 8.52. The molecule has 0 bridgehead atoms. The molecule has 5 heteroatoms. The molecule has 0 atom stereocenters. The van der Waals surface area contributed by atoms with Crippen LogP contribution in [0.2, 0.25) is 0 Å². The van der Waals surface area contributed by atoms with Crippen LogP contribution in [0.1, 0.15) is 24.6 Å². The number of carbonyl (C=O) groups excluding carboxylic acids is 1.